The quantitative estimate of drug-likeness (QED) is 0.467. The molecule has 0 atom stereocenters. The van der Waals surface area contributed by atoms with Crippen molar-refractivity contribution in [1.82, 2.24) is 10.0 Å². The fourth-order valence-electron chi connectivity index (χ4n) is 2.52. The average molecular weight is 362 g/mol. The first-order valence-electron chi connectivity index (χ1n) is 7.29. The summed E-state index contributed by atoms with van der Waals surface area (Å²) in [6.45, 7) is 0. The highest BCUT2D eigenvalue weighted by atomic mass is 32.2. The lowest BCUT2D eigenvalue weighted by atomic mass is 10.1. The van der Waals surface area contributed by atoms with Crippen LogP contribution in [0.5, 0.6) is 5.75 Å². The first kappa shape index (κ1) is 16.7. The third-order valence-corrected chi connectivity index (χ3v) is 4.94. The number of para-hydroxylation sites is 1. The lowest BCUT2D eigenvalue weighted by Gasteiger charge is -2.31. The number of ether oxygens (including phenoxy) is 1. The van der Waals surface area contributed by atoms with Gasteiger partial charge in [-0.05, 0) is 30.8 Å². The molecular weight excluding hydrogens is 348 g/mol. The van der Waals surface area contributed by atoms with E-state index in [1.807, 2.05) is 18.2 Å². The summed E-state index contributed by atoms with van der Waals surface area (Å²) in [6, 6.07) is 7.24. The molecule has 2 heterocycles. The van der Waals surface area contributed by atoms with Gasteiger partial charge in [0.15, 0.2) is 4.32 Å². The fraction of sp³-hybridized carbons (Fsp3) is 0.250. The summed E-state index contributed by atoms with van der Waals surface area (Å²) in [7, 11) is 1.54. The third kappa shape index (κ3) is 2.94. The van der Waals surface area contributed by atoms with E-state index in [9.17, 15) is 14.4 Å². The highest BCUT2D eigenvalue weighted by Crippen LogP contribution is 2.36. The Morgan fingerprint density at radius 3 is 2.46 bits per heavy atom. The van der Waals surface area contributed by atoms with Crippen LogP contribution in [0.4, 0.5) is 0 Å². The summed E-state index contributed by atoms with van der Waals surface area (Å²) in [5, 5.41) is 1.88. The first-order valence-corrected chi connectivity index (χ1v) is 8.52. The van der Waals surface area contributed by atoms with Crippen LogP contribution in [0.2, 0.25) is 0 Å². The van der Waals surface area contributed by atoms with Crippen LogP contribution >= 0.6 is 24.0 Å². The molecule has 2 fully saturated rings. The normalized spacial score (nSPS) is 20.3. The summed E-state index contributed by atoms with van der Waals surface area (Å²) in [5.74, 6) is -0.658. The number of thiocarbonyl (C=S) groups is 1. The first-order chi connectivity index (χ1) is 11.5. The largest absolute Gasteiger partial charge is 0.496 e. The van der Waals surface area contributed by atoms with E-state index in [4.69, 9.17) is 17.0 Å². The second kappa shape index (κ2) is 6.74. The number of rotatable bonds is 3. The van der Waals surface area contributed by atoms with Crippen LogP contribution < -0.4 is 4.74 Å². The summed E-state index contributed by atoms with van der Waals surface area (Å²) in [5.41, 5.74) is 0.719. The Hall–Kier alpha value is -2.19. The SMILES string of the molecule is COc1ccccc1C=C1SC(=S)N(N2C(=O)CCCC2=O)C1=O. The topological polar surface area (TPSA) is 66.9 Å². The molecule has 0 unspecified atom stereocenters. The molecular formula is C16H14N2O4S2. The van der Waals surface area contributed by atoms with Crippen molar-refractivity contribution in [1.29, 1.82) is 0 Å². The van der Waals surface area contributed by atoms with E-state index in [-0.39, 0.29) is 17.2 Å². The molecule has 1 aromatic rings. The zero-order valence-corrected chi connectivity index (χ0v) is 14.5. The Balaban J connectivity index is 1.93. The molecule has 8 heteroatoms. The predicted octanol–water partition coefficient (Wildman–Crippen LogP) is 2.35. The molecule has 6 nitrogen and oxygen atoms in total. The van der Waals surface area contributed by atoms with Crippen LogP contribution in [0, 0.1) is 0 Å². The van der Waals surface area contributed by atoms with E-state index in [1.54, 1.807) is 19.3 Å². The smallest absolute Gasteiger partial charge is 0.285 e. The highest BCUT2D eigenvalue weighted by Gasteiger charge is 2.42. The molecule has 2 saturated heterocycles. The van der Waals surface area contributed by atoms with Crippen LogP contribution in [-0.2, 0) is 14.4 Å². The molecule has 0 spiro atoms. The van der Waals surface area contributed by atoms with Crippen molar-refractivity contribution in [3.05, 3.63) is 34.7 Å². The molecule has 0 saturated carbocycles. The van der Waals surface area contributed by atoms with Gasteiger partial charge < -0.3 is 4.74 Å². The molecule has 0 N–H and O–H groups in total. The predicted molar refractivity (Wildman–Crippen MR) is 93.7 cm³/mol. The number of hydrogen-bond acceptors (Lipinski definition) is 6. The maximum Gasteiger partial charge on any atom is 0.285 e. The Labute approximate surface area is 148 Å². The molecule has 124 valence electrons. The van der Waals surface area contributed by atoms with Gasteiger partial charge in [-0.3, -0.25) is 14.4 Å². The van der Waals surface area contributed by atoms with Gasteiger partial charge in [-0.15, -0.1) is 0 Å². The number of hydrogen-bond donors (Lipinski definition) is 0. The van der Waals surface area contributed by atoms with Crippen molar-refractivity contribution in [2.75, 3.05) is 7.11 Å². The number of piperidine rings is 1. The molecule has 0 aromatic heterocycles. The van der Waals surface area contributed by atoms with Crippen molar-refractivity contribution in [3.63, 3.8) is 0 Å². The zero-order valence-electron chi connectivity index (χ0n) is 12.9. The lowest BCUT2D eigenvalue weighted by Crippen LogP contribution is -2.53. The number of thioether (sulfide) groups is 1. The van der Waals surface area contributed by atoms with Gasteiger partial charge in [-0.25, -0.2) is 0 Å². The number of carbonyl (C=O) groups is 3. The number of hydrazine groups is 1. The van der Waals surface area contributed by atoms with Crippen molar-refractivity contribution >= 4 is 52.1 Å². The molecule has 1 aromatic carbocycles. The van der Waals surface area contributed by atoms with Crippen LogP contribution in [-0.4, -0.2) is 39.2 Å². The van der Waals surface area contributed by atoms with Gasteiger partial charge in [0.2, 0.25) is 11.8 Å². The Kier molecular flexibility index (Phi) is 4.68. The van der Waals surface area contributed by atoms with Gasteiger partial charge >= 0.3 is 0 Å². The third-order valence-electron chi connectivity index (χ3n) is 3.65. The molecule has 2 aliphatic rings. The average Bonchev–Trinajstić information content (AvgIpc) is 2.83. The Morgan fingerprint density at radius 1 is 1.12 bits per heavy atom. The van der Waals surface area contributed by atoms with Gasteiger partial charge in [0.05, 0.1) is 12.0 Å². The number of nitrogens with zero attached hydrogens (tertiary/aromatic N) is 2. The van der Waals surface area contributed by atoms with Crippen molar-refractivity contribution in [2.45, 2.75) is 19.3 Å². The maximum absolute atomic E-state index is 12.7. The fourth-order valence-corrected chi connectivity index (χ4v) is 3.76. The molecule has 3 rings (SSSR count). The number of carbonyl (C=O) groups excluding carboxylic acids is 3. The van der Waals surface area contributed by atoms with Gasteiger partial charge in [0, 0.05) is 18.4 Å². The molecule has 24 heavy (non-hydrogen) atoms. The van der Waals surface area contributed by atoms with E-state index in [0.717, 1.165) is 27.3 Å². The summed E-state index contributed by atoms with van der Waals surface area (Å²) >= 11 is 6.27. The second-order valence-electron chi connectivity index (χ2n) is 5.19. The Bertz CT molecular complexity index is 759. The number of imide groups is 1. The number of benzene rings is 1. The molecule has 0 bridgehead atoms. The minimum atomic E-state index is -0.473. The Morgan fingerprint density at radius 2 is 1.79 bits per heavy atom. The van der Waals surface area contributed by atoms with Crippen LogP contribution in [0.3, 0.4) is 0 Å². The van der Waals surface area contributed by atoms with E-state index in [0.29, 0.717) is 17.1 Å². The van der Waals surface area contributed by atoms with Crippen LogP contribution in [0.1, 0.15) is 24.8 Å². The lowest BCUT2D eigenvalue weighted by molar-refractivity contribution is -0.166. The van der Waals surface area contributed by atoms with Gasteiger partial charge in [-0.2, -0.15) is 10.0 Å². The van der Waals surface area contributed by atoms with Crippen LogP contribution in [0.15, 0.2) is 29.2 Å². The van der Waals surface area contributed by atoms with Crippen molar-refractivity contribution < 1.29 is 19.1 Å². The van der Waals surface area contributed by atoms with Gasteiger partial charge in [-0.1, -0.05) is 30.0 Å². The van der Waals surface area contributed by atoms with Crippen molar-refractivity contribution in [2.24, 2.45) is 0 Å². The molecule has 0 radical (unpaired) electrons. The van der Waals surface area contributed by atoms with Gasteiger partial charge in [0.1, 0.15) is 5.75 Å². The van der Waals surface area contributed by atoms with Crippen molar-refractivity contribution in [3.8, 4) is 5.75 Å². The molecule has 0 aliphatic carbocycles. The summed E-state index contributed by atoms with van der Waals surface area (Å²) in [6.07, 6.45) is 2.61. The highest BCUT2D eigenvalue weighted by molar-refractivity contribution is 8.26. The van der Waals surface area contributed by atoms with E-state index >= 15 is 0 Å². The minimum absolute atomic E-state index is 0.171. The molecule has 3 amide bonds. The summed E-state index contributed by atoms with van der Waals surface area (Å²) in [4.78, 5) is 37.1. The van der Waals surface area contributed by atoms with E-state index in [2.05, 4.69) is 0 Å². The maximum atomic E-state index is 12.7. The zero-order chi connectivity index (χ0) is 17.3. The monoisotopic (exact) mass is 362 g/mol. The standard InChI is InChI=1S/C16H14N2O4S2/c1-22-11-6-3-2-5-10(11)9-12-15(21)18(16(23)24-12)17-13(19)7-4-8-14(17)20/h2-3,5-6,9H,4,7-8H2,1H3. The van der Waals surface area contributed by atoms with E-state index in [1.165, 1.54) is 0 Å². The number of amides is 3. The summed E-state index contributed by atoms with van der Waals surface area (Å²) < 4.78 is 5.44. The number of methoxy groups -OCH3 is 1. The second-order valence-corrected chi connectivity index (χ2v) is 6.86. The van der Waals surface area contributed by atoms with Crippen LogP contribution in [0.25, 0.3) is 6.08 Å². The molecule has 2 aliphatic heterocycles. The van der Waals surface area contributed by atoms with Gasteiger partial charge in [0.25, 0.3) is 5.91 Å². The minimum Gasteiger partial charge on any atom is -0.496 e. The van der Waals surface area contributed by atoms with E-state index < -0.39 is 17.7 Å².